The fourth-order valence-corrected chi connectivity index (χ4v) is 3.65. The zero-order valence-electron chi connectivity index (χ0n) is 18.0. The topological polar surface area (TPSA) is 58.6 Å². The number of hydrogen-bond acceptors (Lipinski definition) is 3. The molecule has 1 atom stereocenters. The standard InChI is InChI=1S/C23H28Cl2N2O3/c1-6-26-23(29)17(5)27(12-18-19(24)8-7-9-20(18)25)22(28)13-30-21-11-14(2)10-15(3)16(21)4/h7-11,17H,6,12-13H2,1-5H3,(H,26,29). The van der Waals surface area contributed by atoms with Gasteiger partial charge in [-0.25, -0.2) is 0 Å². The monoisotopic (exact) mass is 450 g/mol. The Bertz CT molecular complexity index is 911. The average molecular weight is 451 g/mol. The van der Waals surface area contributed by atoms with Crippen molar-refractivity contribution in [2.75, 3.05) is 13.2 Å². The Kier molecular flexibility index (Phi) is 8.56. The van der Waals surface area contributed by atoms with Gasteiger partial charge in [-0.15, -0.1) is 0 Å². The smallest absolute Gasteiger partial charge is 0.261 e. The number of halogens is 2. The van der Waals surface area contributed by atoms with Crippen molar-refractivity contribution >= 4 is 35.0 Å². The molecule has 0 saturated heterocycles. The van der Waals surface area contributed by atoms with Gasteiger partial charge in [0.05, 0.1) is 0 Å². The van der Waals surface area contributed by atoms with Crippen molar-refractivity contribution in [1.29, 1.82) is 0 Å². The van der Waals surface area contributed by atoms with Gasteiger partial charge in [-0.05, 0) is 69.5 Å². The Balaban J connectivity index is 2.27. The van der Waals surface area contributed by atoms with E-state index < -0.39 is 6.04 Å². The fraction of sp³-hybridized carbons (Fsp3) is 0.391. The van der Waals surface area contributed by atoms with Gasteiger partial charge in [0.2, 0.25) is 5.91 Å². The summed E-state index contributed by atoms with van der Waals surface area (Å²) in [5.41, 5.74) is 3.71. The second-order valence-electron chi connectivity index (χ2n) is 7.29. The van der Waals surface area contributed by atoms with E-state index in [1.54, 1.807) is 25.1 Å². The van der Waals surface area contributed by atoms with Gasteiger partial charge >= 0.3 is 0 Å². The van der Waals surface area contributed by atoms with Crippen LogP contribution in [0.5, 0.6) is 5.75 Å². The molecule has 2 rings (SSSR count). The van der Waals surface area contributed by atoms with E-state index in [2.05, 4.69) is 11.4 Å². The molecule has 1 unspecified atom stereocenters. The molecule has 0 heterocycles. The number of nitrogens with zero attached hydrogens (tertiary/aromatic N) is 1. The Morgan fingerprint density at radius 2 is 1.77 bits per heavy atom. The number of carbonyl (C=O) groups excluding carboxylic acids is 2. The second-order valence-corrected chi connectivity index (χ2v) is 8.10. The summed E-state index contributed by atoms with van der Waals surface area (Å²) in [6, 6.07) is 8.40. The van der Waals surface area contributed by atoms with Crippen LogP contribution >= 0.6 is 23.2 Å². The SMILES string of the molecule is CCNC(=O)C(C)N(Cc1c(Cl)cccc1Cl)C(=O)COc1cc(C)cc(C)c1C. The van der Waals surface area contributed by atoms with Crippen LogP contribution in [0.15, 0.2) is 30.3 Å². The van der Waals surface area contributed by atoms with Gasteiger partial charge in [-0.1, -0.05) is 35.3 Å². The zero-order valence-corrected chi connectivity index (χ0v) is 19.5. The first-order chi connectivity index (χ1) is 14.1. The molecule has 7 heteroatoms. The largest absolute Gasteiger partial charge is 0.483 e. The van der Waals surface area contributed by atoms with E-state index in [0.717, 1.165) is 16.7 Å². The highest BCUT2D eigenvalue weighted by Gasteiger charge is 2.27. The van der Waals surface area contributed by atoms with Crippen molar-refractivity contribution in [3.05, 3.63) is 62.6 Å². The lowest BCUT2D eigenvalue weighted by atomic mass is 10.1. The first-order valence-electron chi connectivity index (χ1n) is 9.86. The molecule has 2 aromatic rings. The maximum atomic E-state index is 13.1. The second kappa shape index (κ2) is 10.7. The maximum Gasteiger partial charge on any atom is 0.261 e. The number of hydrogen-bond donors (Lipinski definition) is 1. The van der Waals surface area contributed by atoms with Crippen LogP contribution in [0, 0.1) is 20.8 Å². The van der Waals surface area contributed by atoms with Crippen LogP contribution in [-0.2, 0) is 16.1 Å². The van der Waals surface area contributed by atoms with Crippen LogP contribution in [0.4, 0.5) is 0 Å². The molecule has 0 saturated carbocycles. The summed E-state index contributed by atoms with van der Waals surface area (Å²) >= 11 is 12.6. The summed E-state index contributed by atoms with van der Waals surface area (Å²) in [6.07, 6.45) is 0. The van der Waals surface area contributed by atoms with Crippen molar-refractivity contribution in [3.8, 4) is 5.75 Å². The summed E-state index contributed by atoms with van der Waals surface area (Å²) in [5.74, 6) is 0.0714. The third-order valence-electron chi connectivity index (χ3n) is 5.02. The van der Waals surface area contributed by atoms with Crippen molar-refractivity contribution in [2.24, 2.45) is 0 Å². The number of nitrogens with one attached hydrogen (secondary N) is 1. The number of ether oxygens (including phenoxy) is 1. The Labute approximate surface area is 188 Å². The molecule has 0 aliphatic carbocycles. The van der Waals surface area contributed by atoms with Gasteiger partial charge in [-0.3, -0.25) is 9.59 Å². The first-order valence-corrected chi connectivity index (χ1v) is 10.6. The van der Waals surface area contributed by atoms with Crippen LogP contribution in [0.3, 0.4) is 0 Å². The number of carbonyl (C=O) groups is 2. The van der Waals surface area contributed by atoms with Gasteiger partial charge in [0.1, 0.15) is 11.8 Å². The highest BCUT2D eigenvalue weighted by atomic mass is 35.5. The minimum absolute atomic E-state index is 0.102. The zero-order chi connectivity index (χ0) is 22.4. The van der Waals surface area contributed by atoms with Gasteiger partial charge in [-0.2, -0.15) is 0 Å². The summed E-state index contributed by atoms with van der Waals surface area (Å²) in [4.78, 5) is 27.0. The first kappa shape index (κ1) is 24.0. The van der Waals surface area contributed by atoms with Crippen molar-refractivity contribution in [2.45, 2.75) is 47.2 Å². The lowest BCUT2D eigenvalue weighted by molar-refractivity contribution is -0.142. The van der Waals surface area contributed by atoms with Crippen LogP contribution in [-0.4, -0.2) is 35.9 Å². The minimum atomic E-state index is -0.714. The van der Waals surface area contributed by atoms with E-state index in [0.29, 0.717) is 27.9 Å². The van der Waals surface area contributed by atoms with Crippen molar-refractivity contribution in [3.63, 3.8) is 0 Å². The molecule has 0 aromatic heterocycles. The summed E-state index contributed by atoms with van der Waals surface area (Å²) in [7, 11) is 0. The number of rotatable bonds is 8. The molecule has 0 spiro atoms. The van der Waals surface area contributed by atoms with Gasteiger partial charge in [0.25, 0.3) is 5.91 Å². The summed E-state index contributed by atoms with van der Waals surface area (Å²) in [6.45, 7) is 9.80. The lowest BCUT2D eigenvalue weighted by Gasteiger charge is -2.29. The predicted molar refractivity (Wildman–Crippen MR) is 121 cm³/mol. The molecule has 0 aliphatic rings. The van der Waals surface area contributed by atoms with Crippen LogP contribution in [0.1, 0.15) is 36.1 Å². The molecule has 5 nitrogen and oxygen atoms in total. The molecule has 1 N–H and O–H groups in total. The van der Waals surface area contributed by atoms with Crippen molar-refractivity contribution in [1.82, 2.24) is 10.2 Å². The van der Waals surface area contributed by atoms with E-state index in [4.69, 9.17) is 27.9 Å². The quantitative estimate of drug-likeness (QED) is 0.624. The average Bonchev–Trinajstić information content (AvgIpc) is 2.69. The van der Waals surface area contributed by atoms with Gasteiger partial charge in [0.15, 0.2) is 6.61 Å². The van der Waals surface area contributed by atoms with E-state index in [-0.39, 0.29) is 25.0 Å². The molecule has 0 aliphatic heterocycles. The third kappa shape index (κ3) is 5.89. The number of aryl methyl sites for hydroxylation is 2. The van der Waals surface area contributed by atoms with E-state index >= 15 is 0 Å². The van der Waals surface area contributed by atoms with Crippen LogP contribution in [0.2, 0.25) is 10.0 Å². The number of likely N-dealkylation sites (N-methyl/N-ethyl adjacent to an activating group) is 1. The number of amides is 2. The molecular formula is C23H28Cl2N2O3. The molecule has 0 bridgehead atoms. The Morgan fingerprint density at radius 1 is 1.13 bits per heavy atom. The van der Waals surface area contributed by atoms with Gasteiger partial charge in [0, 0.05) is 28.7 Å². The highest BCUT2D eigenvalue weighted by molar-refractivity contribution is 6.36. The summed E-state index contributed by atoms with van der Waals surface area (Å²) < 4.78 is 5.84. The summed E-state index contributed by atoms with van der Waals surface area (Å²) in [5, 5.41) is 3.63. The maximum absolute atomic E-state index is 13.1. The predicted octanol–water partition coefficient (Wildman–Crippen LogP) is 4.85. The number of benzene rings is 2. The molecular weight excluding hydrogens is 423 g/mol. The van der Waals surface area contributed by atoms with Crippen LogP contribution < -0.4 is 10.1 Å². The third-order valence-corrected chi connectivity index (χ3v) is 5.73. The van der Waals surface area contributed by atoms with Crippen molar-refractivity contribution < 1.29 is 14.3 Å². The molecule has 2 amide bonds. The molecule has 2 aromatic carbocycles. The van der Waals surface area contributed by atoms with E-state index in [1.807, 2.05) is 33.8 Å². The molecule has 162 valence electrons. The Hall–Kier alpha value is -2.24. The Morgan fingerprint density at radius 3 is 2.37 bits per heavy atom. The normalized spacial score (nSPS) is 11.7. The molecule has 0 fully saturated rings. The molecule has 0 radical (unpaired) electrons. The highest BCUT2D eigenvalue weighted by Crippen LogP contribution is 2.27. The fourth-order valence-electron chi connectivity index (χ4n) is 3.13. The molecule has 30 heavy (non-hydrogen) atoms. The van der Waals surface area contributed by atoms with Gasteiger partial charge < -0.3 is 15.0 Å². The van der Waals surface area contributed by atoms with Crippen LogP contribution in [0.25, 0.3) is 0 Å². The van der Waals surface area contributed by atoms with E-state index in [9.17, 15) is 9.59 Å². The lowest BCUT2D eigenvalue weighted by Crippen LogP contribution is -2.49. The van der Waals surface area contributed by atoms with E-state index in [1.165, 1.54) is 4.90 Å². The minimum Gasteiger partial charge on any atom is -0.483 e.